The van der Waals surface area contributed by atoms with Gasteiger partial charge in [-0.25, -0.2) is 8.78 Å². The third-order valence-electron chi connectivity index (χ3n) is 2.07. The quantitative estimate of drug-likeness (QED) is 0.350. The summed E-state index contributed by atoms with van der Waals surface area (Å²) in [5.41, 5.74) is 0. The summed E-state index contributed by atoms with van der Waals surface area (Å²) in [7, 11) is 0. The molecule has 0 saturated carbocycles. The van der Waals surface area contributed by atoms with Gasteiger partial charge in [0.2, 0.25) is 0 Å². The van der Waals surface area contributed by atoms with Crippen LogP contribution in [-0.4, -0.2) is 72.1 Å². The Morgan fingerprint density at radius 2 is 1.43 bits per heavy atom. The van der Waals surface area contributed by atoms with Gasteiger partial charge >= 0.3 is 0 Å². The minimum Gasteiger partial charge on any atom is -0.376 e. The first kappa shape index (κ1) is 20.5. The Morgan fingerprint density at radius 1 is 0.857 bits per heavy atom. The molecule has 0 aromatic carbocycles. The van der Waals surface area contributed by atoms with Gasteiger partial charge in [-0.15, -0.1) is 0 Å². The fourth-order valence-corrected chi connectivity index (χ4v) is 0.883. The maximum Gasteiger partial charge on any atom is 0.188 e. The third kappa shape index (κ3) is 19.5. The van der Waals surface area contributed by atoms with Crippen LogP contribution in [0.25, 0.3) is 0 Å². The van der Waals surface area contributed by atoms with Crippen LogP contribution in [0.15, 0.2) is 0 Å². The summed E-state index contributed by atoms with van der Waals surface area (Å²) in [5, 5.41) is 0. The van der Waals surface area contributed by atoms with Gasteiger partial charge in [0.05, 0.1) is 46.3 Å². The summed E-state index contributed by atoms with van der Waals surface area (Å²) < 4.78 is 62.5. The van der Waals surface area contributed by atoms with Crippen molar-refractivity contribution in [3.8, 4) is 0 Å². The van der Waals surface area contributed by atoms with E-state index in [0.717, 1.165) is 13.2 Å². The van der Waals surface area contributed by atoms with Crippen molar-refractivity contribution in [1.29, 1.82) is 0 Å². The summed E-state index contributed by atoms with van der Waals surface area (Å²) in [6.45, 7) is 0.972. The molecule has 5 nitrogen and oxygen atoms in total. The highest BCUT2D eigenvalue weighted by Gasteiger charge is 2.22. The molecule has 0 N–H and O–H groups in total. The van der Waals surface area contributed by atoms with Crippen LogP contribution in [0.5, 0.6) is 0 Å². The molecule has 2 rings (SSSR count). The molecule has 128 valence electrons. The first-order valence-electron chi connectivity index (χ1n) is 6.58. The average molecular weight is 322 g/mol. The van der Waals surface area contributed by atoms with Gasteiger partial charge < -0.3 is 18.9 Å². The van der Waals surface area contributed by atoms with Crippen LogP contribution in [0.4, 0.5) is 17.7 Å². The minimum absolute atomic E-state index is 0.128. The van der Waals surface area contributed by atoms with Crippen LogP contribution in [0.1, 0.15) is 6.42 Å². The number of hydrogen-bond acceptors (Lipinski definition) is 5. The molecule has 0 amide bonds. The molecular formula is C12H22F4O5. The Bertz CT molecular complexity index is 202. The van der Waals surface area contributed by atoms with Crippen LogP contribution >= 0.6 is 0 Å². The second-order valence-electron chi connectivity index (χ2n) is 4.01. The number of alkyl halides is 3. The van der Waals surface area contributed by atoms with Crippen LogP contribution in [0.3, 0.4) is 0 Å². The van der Waals surface area contributed by atoms with Crippen LogP contribution in [0.2, 0.25) is 0 Å². The van der Waals surface area contributed by atoms with E-state index in [1.54, 1.807) is 0 Å². The lowest BCUT2D eigenvalue weighted by Gasteiger charge is -1.93. The lowest BCUT2D eigenvalue weighted by molar-refractivity contribution is -0.133. The van der Waals surface area contributed by atoms with Gasteiger partial charge in [0.1, 0.15) is 18.9 Å². The lowest BCUT2D eigenvalue weighted by atomic mass is 10.5. The average Bonchev–Trinajstić information content (AvgIpc) is 3.39. The van der Waals surface area contributed by atoms with Crippen LogP contribution in [-0.2, 0) is 23.9 Å². The smallest absolute Gasteiger partial charge is 0.188 e. The molecule has 2 fully saturated rings. The topological polar surface area (TPSA) is 52.8 Å². The fraction of sp³-hybridized carbons (Fsp3) is 1.00. The highest BCUT2D eigenvalue weighted by Crippen LogP contribution is 2.08. The second kappa shape index (κ2) is 15.9. The Balaban J connectivity index is 0.000000290. The lowest BCUT2D eigenvalue weighted by Crippen LogP contribution is -2.03. The Kier molecular flexibility index (Phi) is 15.5. The molecule has 0 radical (unpaired) electrons. The van der Waals surface area contributed by atoms with Crippen molar-refractivity contribution in [3.05, 3.63) is 0 Å². The highest BCUT2D eigenvalue weighted by molar-refractivity contribution is 4.67. The summed E-state index contributed by atoms with van der Waals surface area (Å²) in [6.07, 6.45) is 0.605. The van der Waals surface area contributed by atoms with Gasteiger partial charge in [0, 0.05) is 6.42 Å². The first-order valence-corrected chi connectivity index (χ1v) is 6.58. The summed E-state index contributed by atoms with van der Waals surface area (Å²) in [4.78, 5) is 3.04. The van der Waals surface area contributed by atoms with Gasteiger partial charge in [-0.1, -0.05) is 0 Å². The zero-order valence-corrected chi connectivity index (χ0v) is 11.8. The van der Waals surface area contributed by atoms with E-state index >= 15 is 0 Å². The molecule has 2 aliphatic heterocycles. The molecule has 2 heterocycles. The SMILES string of the molecule is FCCCOF.FCCOCC1CO1.FCOCC1CO1. The minimum atomic E-state index is -0.695. The Morgan fingerprint density at radius 3 is 1.76 bits per heavy atom. The van der Waals surface area contributed by atoms with Gasteiger partial charge in [-0.3, -0.25) is 4.39 Å². The van der Waals surface area contributed by atoms with E-state index in [0.29, 0.717) is 13.2 Å². The molecule has 2 atom stereocenters. The molecular weight excluding hydrogens is 300 g/mol. The van der Waals surface area contributed by atoms with Crippen molar-refractivity contribution in [2.45, 2.75) is 18.6 Å². The van der Waals surface area contributed by atoms with Crippen molar-refractivity contribution < 1.29 is 41.6 Å². The Labute approximate surface area is 121 Å². The van der Waals surface area contributed by atoms with E-state index in [-0.39, 0.29) is 31.8 Å². The zero-order chi connectivity index (χ0) is 15.8. The maximum absolute atomic E-state index is 11.3. The summed E-state index contributed by atoms with van der Waals surface area (Å²) in [6, 6.07) is 0. The van der Waals surface area contributed by atoms with E-state index < -0.39 is 20.2 Å². The van der Waals surface area contributed by atoms with Crippen molar-refractivity contribution in [2.75, 3.05) is 59.9 Å². The van der Waals surface area contributed by atoms with Crippen LogP contribution < -0.4 is 0 Å². The standard InChI is InChI=1S/C5H9FO2.C4H7FO2.C3H6F2O/c6-1-2-7-3-5-4-8-5;5-3-6-1-4-2-7-4;4-2-1-3-6-5/h5H,1-4H2;4H,1-3H2;1-3H2. The number of rotatable bonds is 10. The predicted molar refractivity (Wildman–Crippen MR) is 65.9 cm³/mol. The molecule has 21 heavy (non-hydrogen) atoms. The maximum atomic E-state index is 11.3. The van der Waals surface area contributed by atoms with Crippen molar-refractivity contribution in [3.63, 3.8) is 0 Å². The predicted octanol–water partition coefficient (Wildman–Crippen LogP) is 1.95. The normalized spacial score (nSPS) is 21.7. The first-order chi connectivity index (χ1) is 10.3. The van der Waals surface area contributed by atoms with Gasteiger partial charge in [0.25, 0.3) is 0 Å². The molecule has 2 unspecified atom stereocenters. The molecule has 9 heteroatoms. The number of ether oxygens (including phenoxy) is 4. The summed E-state index contributed by atoms with van der Waals surface area (Å²) in [5.74, 6) is 0. The zero-order valence-electron chi connectivity index (χ0n) is 11.8. The molecule has 0 bridgehead atoms. The molecule has 2 aliphatic rings. The van der Waals surface area contributed by atoms with E-state index in [9.17, 15) is 17.7 Å². The van der Waals surface area contributed by atoms with E-state index in [1.165, 1.54) is 0 Å². The van der Waals surface area contributed by atoms with Gasteiger partial charge in [-0.05, 0) is 4.53 Å². The van der Waals surface area contributed by atoms with Gasteiger partial charge in [0.15, 0.2) is 6.86 Å². The van der Waals surface area contributed by atoms with Crippen LogP contribution in [0, 0.1) is 0 Å². The molecule has 0 aromatic rings. The molecule has 2 saturated heterocycles. The second-order valence-corrected chi connectivity index (χ2v) is 4.01. The Hall–Kier alpha value is -0.480. The molecule has 0 spiro atoms. The number of hydrogen-bond donors (Lipinski definition) is 0. The van der Waals surface area contributed by atoms with Crippen molar-refractivity contribution in [2.24, 2.45) is 0 Å². The monoisotopic (exact) mass is 322 g/mol. The highest BCUT2D eigenvalue weighted by atomic mass is 19.3. The number of epoxide rings is 2. The van der Waals surface area contributed by atoms with Crippen molar-refractivity contribution in [1.82, 2.24) is 0 Å². The molecule has 0 aromatic heterocycles. The third-order valence-corrected chi connectivity index (χ3v) is 2.07. The van der Waals surface area contributed by atoms with E-state index in [4.69, 9.17) is 14.2 Å². The van der Waals surface area contributed by atoms with Crippen molar-refractivity contribution >= 4 is 0 Å². The largest absolute Gasteiger partial charge is 0.376 e. The van der Waals surface area contributed by atoms with Gasteiger partial charge in [-0.2, -0.15) is 4.94 Å². The summed E-state index contributed by atoms with van der Waals surface area (Å²) >= 11 is 0. The number of halogens is 4. The molecule has 0 aliphatic carbocycles. The van der Waals surface area contributed by atoms with E-state index in [1.807, 2.05) is 0 Å². The van der Waals surface area contributed by atoms with E-state index in [2.05, 4.69) is 9.68 Å². The fourth-order valence-electron chi connectivity index (χ4n) is 0.883.